The number of aliphatic hydroxyl groups is 1. The average Bonchev–Trinajstić information content (AvgIpc) is 1.65. The predicted octanol–water partition coefficient (Wildman–Crippen LogP) is -0.298. The van der Waals surface area contributed by atoms with Gasteiger partial charge in [-0.3, -0.25) is 0 Å². The van der Waals surface area contributed by atoms with Crippen LogP contribution in [0.1, 0.15) is 0 Å². The van der Waals surface area contributed by atoms with Gasteiger partial charge in [0.05, 0.1) is 0 Å². The second-order valence-corrected chi connectivity index (χ2v) is 2.23. The number of thiol groups is 1. The molecule has 1 radical (unpaired) electrons. The van der Waals surface area contributed by atoms with E-state index in [1.807, 2.05) is 0 Å². The third kappa shape index (κ3) is 5.96. The number of thiocarbonyl (C=S) groups is 1. The maximum Gasteiger partial charge on any atom is 0.134 e. The summed E-state index contributed by atoms with van der Waals surface area (Å²) in [6.07, 6.45) is 0. The minimum atomic E-state index is -0.0671. The van der Waals surface area contributed by atoms with Gasteiger partial charge in [0.25, 0.3) is 0 Å². The third-order valence-electron chi connectivity index (χ3n) is 0.539. The summed E-state index contributed by atoms with van der Waals surface area (Å²) in [5, 5.41) is 8.29. The number of hydrogen-bond acceptors (Lipinski definition) is 2. The molecule has 0 aromatic carbocycles. The molecule has 0 aliphatic rings. The molecule has 0 bridgehead atoms. The zero-order chi connectivity index (χ0) is 5.86. The molecule has 0 spiro atoms. The molecule has 0 rings (SSSR count). The number of nitrogens with zero attached hydrogens (tertiary/aromatic N) is 1. The summed E-state index contributed by atoms with van der Waals surface area (Å²) in [7, 11) is 1.66. The molecule has 0 fully saturated rings. The molecule has 0 saturated heterocycles. The van der Waals surface area contributed by atoms with Crippen LogP contribution < -0.4 is 0 Å². The Balaban J connectivity index is 0. The van der Waals surface area contributed by atoms with Gasteiger partial charge in [-0.25, -0.2) is 0 Å². The van der Waals surface area contributed by atoms with E-state index in [-0.39, 0.29) is 58.1 Å². The van der Waals surface area contributed by atoms with Crippen molar-refractivity contribution >= 4 is 80.6 Å². The van der Waals surface area contributed by atoms with Crippen LogP contribution in [0.4, 0.5) is 0 Å². The molecule has 43 valence electrons. The molecule has 0 amide bonds. The minimum Gasteiger partial charge on any atom is -0.376 e. The Morgan fingerprint density at radius 2 is 2.25 bits per heavy atom. The molecule has 0 unspecified atom stereocenters. The van der Waals surface area contributed by atoms with Crippen molar-refractivity contribution in [3.05, 3.63) is 0 Å². The van der Waals surface area contributed by atoms with Crippen molar-refractivity contribution in [1.29, 1.82) is 0 Å². The van der Waals surface area contributed by atoms with Crippen molar-refractivity contribution in [2.45, 2.75) is 0 Å². The summed E-state index contributed by atoms with van der Waals surface area (Å²) < 4.78 is 0.405. The van der Waals surface area contributed by atoms with E-state index in [1.54, 1.807) is 7.05 Å². The van der Waals surface area contributed by atoms with E-state index in [9.17, 15) is 0 Å². The summed E-state index contributed by atoms with van der Waals surface area (Å²) in [5.74, 6) is 0. The minimum absolute atomic E-state index is 0. The third-order valence-corrected chi connectivity index (χ3v) is 1.19. The van der Waals surface area contributed by atoms with Crippen LogP contribution in [-0.4, -0.2) is 79.5 Å². The summed E-state index contributed by atoms with van der Waals surface area (Å²) in [6, 6.07) is 0. The van der Waals surface area contributed by atoms with Crippen LogP contribution >= 0.6 is 24.8 Å². The topological polar surface area (TPSA) is 23.5 Å². The van der Waals surface area contributed by atoms with E-state index in [0.717, 1.165) is 0 Å². The molecule has 1 N–H and O–H groups in total. The van der Waals surface area contributed by atoms with E-state index in [4.69, 9.17) is 5.11 Å². The van der Waals surface area contributed by atoms with Gasteiger partial charge in [-0.15, -0.1) is 12.6 Å². The molecule has 0 aromatic heterocycles. The van der Waals surface area contributed by atoms with E-state index in [2.05, 4.69) is 24.8 Å². The molecule has 0 aliphatic heterocycles. The molecule has 0 heterocycles. The first-order valence-electron chi connectivity index (χ1n) is 1.73. The Bertz CT molecular complexity index is 79.7. The standard InChI is InChI=1S/C3H7NOS2.K/c1-4(2-5)3(6)7;/h5H,2H2,1H3,(H,6,7);. The van der Waals surface area contributed by atoms with Crippen molar-refractivity contribution < 1.29 is 5.11 Å². The maximum atomic E-state index is 8.29. The van der Waals surface area contributed by atoms with Crippen LogP contribution in [0.5, 0.6) is 0 Å². The van der Waals surface area contributed by atoms with Crippen LogP contribution in [-0.2, 0) is 0 Å². The van der Waals surface area contributed by atoms with Gasteiger partial charge in [-0.05, 0) is 0 Å². The van der Waals surface area contributed by atoms with Crippen LogP contribution in [0.3, 0.4) is 0 Å². The van der Waals surface area contributed by atoms with Gasteiger partial charge < -0.3 is 10.0 Å². The van der Waals surface area contributed by atoms with E-state index >= 15 is 0 Å². The number of rotatable bonds is 1. The Hall–Kier alpha value is 1.84. The largest absolute Gasteiger partial charge is 0.376 e. The van der Waals surface area contributed by atoms with Crippen molar-refractivity contribution in [3.63, 3.8) is 0 Å². The van der Waals surface area contributed by atoms with Gasteiger partial charge in [0.15, 0.2) is 0 Å². The zero-order valence-corrected chi connectivity index (χ0v) is 9.79. The number of hydrogen-bond donors (Lipinski definition) is 2. The first-order valence-corrected chi connectivity index (χ1v) is 2.59. The molecule has 8 heavy (non-hydrogen) atoms. The Kier molecular flexibility index (Phi) is 10.9. The summed E-state index contributed by atoms with van der Waals surface area (Å²) in [6.45, 7) is -0.0671. The van der Waals surface area contributed by atoms with E-state index in [1.165, 1.54) is 4.90 Å². The Morgan fingerprint density at radius 1 is 1.88 bits per heavy atom. The van der Waals surface area contributed by atoms with Gasteiger partial charge in [-0.2, -0.15) is 0 Å². The van der Waals surface area contributed by atoms with Crippen LogP contribution in [0.25, 0.3) is 0 Å². The fourth-order valence-electron chi connectivity index (χ4n) is 0.0605. The first kappa shape index (κ1) is 12.5. The van der Waals surface area contributed by atoms with Gasteiger partial charge in [0, 0.05) is 58.4 Å². The van der Waals surface area contributed by atoms with Crippen molar-refractivity contribution in [1.82, 2.24) is 4.90 Å². The molecular weight excluding hydrogens is 169 g/mol. The second-order valence-electron chi connectivity index (χ2n) is 1.12. The molecule has 0 saturated carbocycles. The van der Waals surface area contributed by atoms with Crippen LogP contribution in [0, 0.1) is 0 Å². The average molecular weight is 176 g/mol. The van der Waals surface area contributed by atoms with Crippen LogP contribution in [0.2, 0.25) is 0 Å². The molecule has 2 nitrogen and oxygen atoms in total. The monoisotopic (exact) mass is 176 g/mol. The van der Waals surface area contributed by atoms with E-state index < -0.39 is 0 Å². The molecule has 0 atom stereocenters. The first-order chi connectivity index (χ1) is 3.18. The summed E-state index contributed by atoms with van der Waals surface area (Å²) in [4.78, 5) is 1.44. The Labute approximate surface area is 102 Å². The smallest absolute Gasteiger partial charge is 0.134 e. The SMILES string of the molecule is CN(CO)C(=S)S.[K]. The van der Waals surface area contributed by atoms with Crippen molar-refractivity contribution in [2.24, 2.45) is 0 Å². The second kappa shape index (κ2) is 6.95. The zero-order valence-electron chi connectivity index (χ0n) is 4.96. The fraction of sp³-hybridized carbons (Fsp3) is 0.667. The van der Waals surface area contributed by atoms with Crippen LogP contribution in [0.15, 0.2) is 0 Å². The van der Waals surface area contributed by atoms with Gasteiger partial charge in [0.1, 0.15) is 11.1 Å². The molecule has 0 aliphatic carbocycles. The molecule has 5 heteroatoms. The van der Waals surface area contributed by atoms with Gasteiger partial charge in [0.2, 0.25) is 0 Å². The maximum absolute atomic E-state index is 8.29. The fourth-order valence-corrected chi connectivity index (χ4v) is 0.181. The van der Waals surface area contributed by atoms with E-state index in [0.29, 0.717) is 4.32 Å². The van der Waals surface area contributed by atoms with Crippen molar-refractivity contribution in [2.75, 3.05) is 13.8 Å². The summed E-state index contributed by atoms with van der Waals surface area (Å²) in [5.41, 5.74) is 0. The quantitative estimate of drug-likeness (QED) is 0.248. The number of aliphatic hydroxyl groups excluding tert-OH is 1. The normalized spacial score (nSPS) is 7.38. The molecular formula is C3H7KNOS2. The van der Waals surface area contributed by atoms with Gasteiger partial charge in [-0.1, -0.05) is 12.2 Å². The Morgan fingerprint density at radius 3 is 2.25 bits per heavy atom. The van der Waals surface area contributed by atoms with Crippen molar-refractivity contribution in [3.8, 4) is 0 Å². The predicted molar refractivity (Wildman–Crippen MR) is 42.2 cm³/mol. The van der Waals surface area contributed by atoms with Gasteiger partial charge >= 0.3 is 0 Å². The summed E-state index contributed by atoms with van der Waals surface area (Å²) >= 11 is 8.32. The molecule has 0 aromatic rings.